The molecule has 1 amide bonds. The van der Waals surface area contributed by atoms with Crippen LogP contribution in [0.2, 0.25) is 0 Å². The highest BCUT2D eigenvalue weighted by atomic mass is 16.4. The summed E-state index contributed by atoms with van der Waals surface area (Å²) in [6.07, 6.45) is 1.98. The first-order chi connectivity index (χ1) is 7.43. The Morgan fingerprint density at radius 3 is 2.69 bits per heavy atom. The van der Waals surface area contributed by atoms with Gasteiger partial charge in [0.15, 0.2) is 0 Å². The number of allylic oxidation sites excluding steroid dienone is 1. The fourth-order valence-electron chi connectivity index (χ4n) is 2.18. The number of likely N-dealkylation sites (tertiary alicyclic amines) is 1. The number of nitrogens with zero attached hydrogens (tertiary/aromatic N) is 1. The van der Waals surface area contributed by atoms with Gasteiger partial charge in [0, 0.05) is 12.5 Å². The molecule has 1 N–H and O–H groups in total. The van der Waals surface area contributed by atoms with E-state index in [4.69, 9.17) is 5.11 Å². The van der Waals surface area contributed by atoms with Crippen LogP contribution in [0.25, 0.3) is 0 Å². The Hall–Kier alpha value is -1.32. The van der Waals surface area contributed by atoms with Crippen molar-refractivity contribution in [3.63, 3.8) is 0 Å². The Kier molecular flexibility index (Phi) is 4.10. The molecule has 1 fully saturated rings. The minimum atomic E-state index is -0.895. The molecule has 1 aliphatic heterocycles. The number of aliphatic carboxylic acids is 1. The van der Waals surface area contributed by atoms with E-state index in [-0.39, 0.29) is 11.8 Å². The number of carboxylic acid groups (broad SMARTS) is 1. The van der Waals surface area contributed by atoms with E-state index in [2.05, 4.69) is 6.58 Å². The van der Waals surface area contributed by atoms with Gasteiger partial charge in [-0.25, -0.2) is 4.79 Å². The molecule has 0 aliphatic carbocycles. The summed E-state index contributed by atoms with van der Waals surface area (Å²) in [4.78, 5) is 24.5. The number of hydrogen-bond acceptors (Lipinski definition) is 2. The second kappa shape index (κ2) is 5.14. The van der Waals surface area contributed by atoms with Crippen molar-refractivity contribution in [2.24, 2.45) is 5.92 Å². The molecule has 90 valence electrons. The molecular formula is C12H19NO3. The van der Waals surface area contributed by atoms with Crippen LogP contribution < -0.4 is 0 Å². The number of amides is 1. The molecule has 1 rings (SSSR count). The summed E-state index contributed by atoms with van der Waals surface area (Å²) in [5.41, 5.74) is 0.951. The van der Waals surface area contributed by atoms with Gasteiger partial charge in [0.1, 0.15) is 6.04 Å². The van der Waals surface area contributed by atoms with E-state index >= 15 is 0 Å². The van der Waals surface area contributed by atoms with Crippen LogP contribution in [-0.4, -0.2) is 34.5 Å². The minimum absolute atomic E-state index is 0.0621. The maximum absolute atomic E-state index is 12.0. The molecule has 1 heterocycles. The zero-order chi connectivity index (χ0) is 12.3. The van der Waals surface area contributed by atoms with Gasteiger partial charge in [0.25, 0.3) is 0 Å². The van der Waals surface area contributed by atoms with Crippen molar-refractivity contribution in [2.45, 2.75) is 39.2 Å². The molecule has 2 unspecified atom stereocenters. The number of rotatable bonds is 4. The lowest BCUT2D eigenvalue weighted by atomic mass is 10.0. The topological polar surface area (TPSA) is 57.6 Å². The van der Waals surface area contributed by atoms with E-state index < -0.39 is 12.0 Å². The summed E-state index contributed by atoms with van der Waals surface area (Å²) in [7, 11) is 0. The van der Waals surface area contributed by atoms with Crippen molar-refractivity contribution in [1.29, 1.82) is 0 Å². The maximum atomic E-state index is 12.0. The summed E-state index contributed by atoms with van der Waals surface area (Å²) in [6.45, 7) is 8.04. The van der Waals surface area contributed by atoms with Crippen molar-refractivity contribution in [2.75, 3.05) is 6.54 Å². The Balaban J connectivity index is 2.65. The summed E-state index contributed by atoms with van der Waals surface area (Å²) in [5.74, 6) is -1.13. The predicted molar refractivity (Wildman–Crippen MR) is 61.0 cm³/mol. The average molecular weight is 225 g/mol. The molecule has 0 saturated carbocycles. The van der Waals surface area contributed by atoms with Gasteiger partial charge in [0.05, 0.1) is 0 Å². The molecule has 0 aromatic carbocycles. The highest BCUT2D eigenvalue weighted by Crippen LogP contribution is 2.22. The molecule has 0 bridgehead atoms. The van der Waals surface area contributed by atoms with Crippen molar-refractivity contribution < 1.29 is 14.7 Å². The number of carboxylic acids is 1. The normalized spacial score (nSPS) is 21.9. The van der Waals surface area contributed by atoms with E-state index in [9.17, 15) is 9.59 Å². The smallest absolute Gasteiger partial charge is 0.326 e. The third kappa shape index (κ3) is 2.84. The summed E-state index contributed by atoms with van der Waals surface area (Å²) in [5, 5.41) is 8.98. The SMILES string of the molecule is C=C(C)CC(C)C(=O)N1CCCC1C(=O)O. The third-order valence-corrected chi connectivity index (χ3v) is 2.90. The minimum Gasteiger partial charge on any atom is -0.480 e. The fraction of sp³-hybridized carbons (Fsp3) is 0.667. The van der Waals surface area contributed by atoms with E-state index in [0.717, 1.165) is 12.0 Å². The van der Waals surface area contributed by atoms with Crippen LogP contribution in [0.5, 0.6) is 0 Å². The average Bonchev–Trinajstić information content (AvgIpc) is 2.63. The second-order valence-corrected chi connectivity index (χ2v) is 4.59. The number of carbonyl (C=O) groups excluding carboxylic acids is 1. The van der Waals surface area contributed by atoms with Crippen LogP contribution >= 0.6 is 0 Å². The number of hydrogen-bond donors (Lipinski definition) is 1. The van der Waals surface area contributed by atoms with Gasteiger partial charge in [-0.3, -0.25) is 4.79 Å². The van der Waals surface area contributed by atoms with E-state index in [1.165, 1.54) is 4.90 Å². The first kappa shape index (κ1) is 12.7. The van der Waals surface area contributed by atoms with Crippen molar-refractivity contribution >= 4 is 11.9 Å². The van der Waals surface area contributed by atoms with Gasteiger partial charge in [0.2, 0.25) is 5.91 Å². The van der Waals surface area contributed by atoms with E-state index in [0.29, 0.717) is 19.4 Å². The monoisotopic (exact) mass is 225 g/mol. The first-order valence-electron chi connectivity index (χ1n) is 5.61. The molecule has 4 heteroatoms. The molecule has 0 aromatic heterocycles. The Labute approximate surface area is 95.9 Å². The van der Waals surface area contributed by atoms with Gasteiger partial charge in [-0.2, -0.15) is 0 Å². The van der Waals surface area contributed by atoms with Gasteiger partial charge >= 0.3 is 5.97 Å². The highest BCUT2D eigenvalue weighted by molar-refractivity contribution is 5.85. The van der Waals surface area contributed by atoms with E-state index in [1.807, 2.05) is 13.8 Å². The van der Waals surface area contributed by atoms with Gasteiger partial charge in [-0.15, -0.1) is 6.58 Å². The predicted octanol–water partition coefficient (Wildman–Crippen LogP) is 1.66. The standard InChI is InChI=1S/C12H19NO3/c1-8(2)7-9(3)11(14)13-6-4-5-10(13)12(15)16/h9-10H,1,4-7H2,2-3H3,(H,15,16). The molecule has 1 saturated heterocycles. The molecule has 2 atom stereocenters. The lowest BCUT2D eigenvalue weighted by molar-refractivity contribution is -0.149. The van der Waals surface area contributed by atoms with Gasteiger partial charge in [-0.05, 0) is 26.2 Å². The lowest BCUT2D eigenvalue weighted by Gasteiger charge is -2.24. The van der Waals surface area contributed by atoms with Crippen molar-refractivity contribution in [3.8, 4) is 0 Å². The fourth-order valence-corrected chi connectivity index (χ4v) is 2.18. The number of carbonyl (C=O) groups is 2. The zero-order valence-corrected chi connectivity index (χ0v) is 9.90. The van der Waals surface area contributed by atoms with Crippen LogP contribution in [-0.2, 0) is 9.59 Å². The van der Waals surface area contributed by atoms with Crippen LogP contribution in [0, 0.1) is 5.92 Å². The van der Waals surface area contributed by atoms with Gasteiger partial charge in [-0.1, -0.05) is 12.5 Å². The van der Waals surface area contributed by atoms with Crippen molar-refractivity contribution in [1.82, 2.24) is 4.90 Å². The van der Waals surface area contributed by atoms with Crippen LogP contribution in [0.1, 0.15) is 33.1 Å². The largest absolute Gasteiger partial charge is 0.480 e. The van der Waals surface area contributed by atoms with Crippen LogP contribution in [0.3, 0.4) is 0 Å². The molecular weight excluding hydrogens is 206 g/mol. The molecule has 0 radical (unpaired) electrons. The van der Waals surface area contributed by atoms with E-state index in [1.54, 1.807) is 0 Å². The lowest BCUT2D eigenvalue weighted by Crippen LogP contribution is -2.43. The maximum Gasteiger partial charge on any atom is 0.326 e. The molecule has 1 aliphatic rings. The summed E-state index contributed by atoms with van der Waals surface area (Å²) in [6, 6.07) is -0.625. The Bertz CT molecular complexity index is 311. The Morgan fingerprint density at radius 2 is 2.19 bits per heavy atom. The first-order valence-corrected chi connectivity index (χ1v) is 5.61. The van der Waals surface area contributed by atoms with Crippen molar-refractivity contribution in [3.05, 3.63) is 12.2 Å². The van der Waals surface area contributed by atoms with Crippen LogP contribution in [0.4, 0.5) is 0 Å². The zero-order valence-electron chi connectivity index (χ0n) is 9.90. The molecule has 0 aromatic rings. The highest BCUT2D eigenvalue weighted by Gasteiger charge is 2.35. The second-order valence-electron chi connectivity index (χ2n) is 4.59. The van der Waals surface area contributed by atoms with Gasteiger partial charge < -0.3 is 10.0 Å². The molecule has 0 spiro atoms. The summed E-state index contributed by atoms with van der Waals surface area (Å²) >= 11 is 0. The quantitative estimate of drug-likeness (QED) is 0.740. The Morgan fingerprint density at radius 1 is 1.56 bits per heavy atom. The third-order valence-electron chi connectivity index (χ3n) is 2.90. The molecule has 4 nitrogen and oxygen atoms in total. The van der Waals surface area contributed by atoms with Crippen LogP contribution in [0.15, 0.2) is 12.2 Å². The molecule has 16 heavy (non-hydrogen) atoms. The summed E-state index contributed by atoms with van der Waals surface area (Å²) < 4.78 is 0.